The van der Waals surface area contributed by atoms with Crippen LogP contribution in [0, 0.1) is 19.8 Å². The minimum absolute atomic E-state index is 0.105. The lowest BCUT2D eigenvalue weighted by atomic mass is 9.79. The molecule has 2 atom stereocenters. The molecule has 0 fully saturated rings. The van der Waals surface area contributed by atoms with Gasteiger partial charge >= 0.3 is 0 Å². The normalized spacial score (nSPS) is 16.9. The van der Waals surface area contributed by atoms with Gasteiger partial charge in [0.05, 0.1) is 5.60 Å². The molecule has 2 nitrogen and oxygen atoms in total. The lowest BCUT2D eigenvalue weighted by Gasteiger charge is -2.33. The summed E-state index contributed by atoms with van der Waals surface area (Å²) in [6.07, 6.45) is 0.886. The highest BCUT2D eigenvalue weighted by Crippen LogP contribution is 2.33. The second-order valence-corrected chi connectivity index (χ2v) is 4.81. The van der Waals surface area contributed by atoms with Crippen molar-refractivity contribution in [3.05, 3.63) is 34.9 Å². The lowest BCUT2D eigenvalue weighted by molar-refractivity contribution is -0.00461. The highest BCUT2D eigenvalue weighted by molar-refractivity contribution is 5.35. The first-order chi connectivity index (χ1) is 7.43. The Balaban J connectivity index is 3.19. The summed E-state index contributed by atoms with van der Waals surface area (Å²) in [6.45, 7) is 8.53. The zero-order valence-electron chi connectivity index (χ0n) is 10.7. The van der Waals surface area contributed by atoms with Crippen LogP contribution in [-0.2, 0) is 5.60 Å². The molecule has 90 valence electrons. The molecule has 0 aliphatic carbocycles. The quantitative estimate of drug-likeness (QED) is 0.820. The van der Waals surface area contributed by atoms with E-state index in [0.717, 1.165) is 17.5 Å². The predicted octanol–water partition coefficient (Wildman–Crippen LogP) is 2.50. The number of aliphatic hydroxyl groups is 1. The van der Waals surface area contributed by atoms with Crippen LogP contribution in [0.2, 0.25) is 0 Å². The number of hydrogen-bond donors (Lipinski definition) is 2. The molecule has 0 aliphatic heterocycles. The third kappa shape index (κ3) is 2.45. The van der Waals surface area contributed by atoms with Gasteiger partial charge in [0.25, 0.3) is 0 Å². The summed E-state index contributed by atoms with van der Waals surface area (Å²) in [5, 5.41) is 10.7. The summed E-state index contributed by atoms with van der Waals surface area (Å²) in [4.78, 5) is 0. The van der Waals surface area contributed by atoms with E-state index >= 15 is 0 Å². The van der Waals surface area contributed by atoms with E-state index in [-0.39, 0.29) is 5.92 Å². The van der Waals surface area contributed by atoms with Gasteiger partial charge in [-0.15, -0.1) is 0 Å². The van der Waals surface area contributed by atoms with Gasteiger partial charge in [-0.2, -0.15) is 0 Å². The van der Waals surface area contributed by atoms with Gasteiger partial charge < -0.3 is 10.8 Å². The fourth-order valence-electron chi connectivity index (χ4n) is 2.29. The topological polar surface area (TPSA) is 46.2 Å². The number of aryl methyl sites for hydroxylation is 2. The minimum atomic E-state index is -0.834. The summed E-state index contributed by atoms with van der Waals surface area (Å²) in [6, 6.07) is 6.19. The number of nitrogens with two attached hydrogens (primary N) is 1. The third-order valence-corrected chi connectivity index (χ3v) is 3.51. The first-order valence-electron chi connectivity index (χ1n) is 5.93. The Morgan fingerprint density at radius 3 is 2.50 bits per heavy atom. The molecule has 16 heavy (non-hydrogen) atoms. The molecule has 0 saturated heterocycles. The highest BCUT2D eigenvalue weighted by atomic mass is 16.3. The van der Waals surface area contributed by atoms with E-state index in [2.05, 4.69) is 25.1 Å². The van der Waals surface area contributed by atoms with Crippen LogP contribution >= 0.6 is 0 Å². The Morgan fingerprint density at radius 2 is 2.00 bits per heavy atom. The number of hydrogen-bond acceptors (Lipinski definition) is 2. The van der Waals surface area contributed by atoms with Crippen molar-refractivity contribution in [3.8, 4) is 0 Å². The van der Waals surface area contributed by atoms with E-state index in [4.69, 9.17) is 5.73 Å². The first-order valence-corrected chi connectivity index (χ1v) is 5.93. The zero-order chi connectivity index (χ0) is 12.3. The highest BCUT2D eigenvalue weighted by Gasteiger charge is 2.32. The van der Waals surface area contributed by atoms with E-state index in [0.29, 0.717) is 6.54 Å². The van der Waals surface area contributed by atoms with Gasteiger partial charge in [-0.05, 0) is 44.9 Å². The van der Waals surface area contributed by atoms with E-state index in [1.165, 1.54) is 5.56 Å². The van der Waals surface area contributed by atoms with Crippen LogP contribution in [0.4, 0.5) is 0 Å². The summed E-state index contributed by atoms with van der Waals surface area (Å²) in [5.74, 6) is 0.105. The molecule has 0 bridgehead atoms. The fraction of sp³-hybridized carbons (Fsp3) is 0.571. The largest absolute Gasteiger partial charge is 0.385 e. The molecular formula is C14H23NO. The van der Waals surface area contributed by atoms with Gasteiger partial charge in [0, 0.05) is 5.92 Å². The van der Waals surface area contributed by atoms with Crippen molar-refractivity contribution in [1.82, 2.24) is 0 Å². The molecule has 0 amide bonds. The molecule has 0 aliphatic rings. The van der Waals surface area contributed by atoms with E-state index in [9.17, 15) is 5.11 Å². The van der Waals surface area contributed by atoms with Crippen molar-refractivity contribution < 1.29 is 5.11 Å². The summed E-state index contributed by atoms with van der Waals surface area (Å²) < 4.78 is 0. The summed E-state index contributed by atoms with van der Waals surface area (Å²) >= 11 is 0. The minimum Gasteiger partial charge on any atom is -0.385 e. The summed E-state index contributed by atoms with van der Waals surface area (Å²) in [7, 11) is 0. The molecule has 0 heterocycles. The second kappa shape index (κ2) is 4.98. The maximum absolute atomic E-state index is 10.7. The van der Waals surface area contributed by atoms with Crippen molar-refractivity contribution in [1.29, 1.82) is 0 Å². The van der Waals surface area contributed by atoms with Crippen molar-refractivity contribution >= 4 is 0 Å². The molecular weight excluding hydrogens is 198 g/mol. The Morgan fingerprint density at radius 1 is 1.38 bits per heavy atom. The maximum atomic E-state index is 10.7. The third-order valence-electron chi connectivity index (χ3n) is 3.51. The number of benzene rings is 1. The van der Waals surface area contributed by atoms with Gasteiger partial charge in [-0.25, -0.2) is 0 Å². The molecule has 0 radical (unpaired) electrons. The van der Waals surface area contributed by atoms with E-state index in [1.807, 2.05) is 20.8 Å². The maximum Gasteiger partial charge on any atom is 0.0911 e. The molecule has 1 rings (SSSR count). The van der Waals surface area contributed by atoms with Crippen LogP contribution in [0.15, 0.2) is 18.2 Å². The Hall–Kier alpha value is -0.860. The van der Waals surface area contributed by atoms with Crippen molar-refractivity contribution in [2.45, 2.75) is 39.7 Å². The Kier molecular flexibility index (Phi) is 4.11. The van der Waals surface area contributed by atoms with Gasteiger partial charge in [-0.1, -0.05) is 30.7 Å². The smallest absolute Gasteiger partial charge is 0.0911 e. The standard InChI is InChI=1S/C14H23NO/c1-5-12(9-15)14(4,16)13-8-10(2)6-7-11(13)3/h6-8,12,16H,5,9,15H2,1-4H3. The first kappa shape index (κ1) is 13.2. The van der Waals surface area contributed by atoms with Gasteiger partial charge in [0.1, 0.15) is 0 Å². The fourth-order valence-corrected chi connectivity index (χ4v) is 2.29. The van der Waals surface area contributed by atoms with Gasteiger partial charge in [0.2, 0.25) is 0 Å². The van der Waals surface area contributed by atoms with Crippen LogP contribution in [-0.4, -0.2) is 11.7 Å². The van der Waals surface area contributed by atoms with Crippen molar-refractivity contribution in [2.24, 2.45) is 11.7 Å². The molecule has 0 spiro atoms. The second-order valence-electron chi connectivity index (χ2n) is 4.81. The van der Waals surface area contributed by atoms with Crippen molar-refractivity contribution in [2.75, 3.05) is 6.54 Å². The van der Waals surface area contributed by atoms with Gasteiger partial charge in [0.15, 0.2) is 0 Å². The molecule has 0 saturated carbocycles. The Bertz CT molecular complexity index is 354. The average molecular weight is 221 g/mol. The van der Waals surface area contributed by atoms with Crippen LogP contribution in [0.3, 0.4) is 0 Å². The van der Waals surface area contributed by atoms with Crippen LogP contribution in [0.1, 0.15) is 37.0 Å². The van der Waals surface area contributed by atoms with E-state index in [1.54, 1.807) is 0 Å². The van der Waals surface area contributed by atoms with Crippen molar-refractivity contribution in [3.63, 3.8) is 0 Å². The van der Waals surface area contributed by atoms with Gasteiger partial charge in [-0.3, -0.25) is 0 Å². The molecule has 2 heteroatoms. The SMILES string of the molecule is CCC(CN)C(C)(O)c1cc(C)ccc1C. The van der Waals surface area contributed by atoms with Crippen LogP contribution in [0.5, 0.6) is 0 Å². The molecule has 0 aromatic heterocycles. The molecule has 1 aromatic rings. The van der Waals surface area contributed by atoms with Crippen LogP contribution in [0.25, 0.3) is 0 Å². The van der Waals surface area contributed by atoms with Crippen LogP contribution < -0.4 is 5.73 Å². The molecule has 2 unspecified atom stereocenters. The number of rotatable bonds is 4. The summed E-state index contributed by atoms with van der Waals surface area (Å²) in [5.41, 5.74) is 8.21. The Labute approximate surface area is 98.5 Å². The average Bonchev–Trinajstić information content (AvgIpc) is 2.23. The monoisotopic (exact) mass is 221 g/mol. The zero-order valence-corrected chi connectivity index (χ0v) is 10.7. The molecule has 3 N–H and O–H groups in total. The molecule has 1 aromatic carbocycles. The van der Waals surface area contributed by atoms with E-state index < -0.39 is 5.60 Å². The lowest BCUT2D eigenvalue weighted by Crippen LogP contribution is -2.37. The predicted molar refractivity (Wildman–Crippen MR) is 68.3 cm³/mol.